The minimum Gasteiger partial charge on any atom is -0.756 e. The van der Waals surface area contributed by atoms with E-state index in [-0.39, 0.29) is 26.1 Å². The maximum absolute atomic E-state index is 12.9. The van der Waals surface area contributed by atoms with Crippen molar-refractivity contribution >= 4 is 19.8 Å². The van der Waals surface area contributed by atoms with Gasteiger partial charge in [0.2, 0.25) is 0 Å². The molecule has 0 aromatic heterocycles. The number of hydrogen-bond donors (Lipinski definition) is 0. The van der Waals surface area contributed by atoms with Crippen LogP contribution in [-0.2, 0) is 32.7 Å². The molecule has 0 aliphatic carbocycles. The van der Waals surface area contributed by atoms with Crippen LogP contribution in [0.2, 0.25) is 0 Å². The van der Waals surface area contributed by atoms with Gasteiger partial charge in [-0.05, 0) is 128 Å². The number of nitrogens with zero attached hydrogens (tertiary/aromatic N) is 1. The Morgan fingerprint density at radius 3 is 0.816 bits per heavy atom. The first-order valence-electron chi connectivity index (χ1n) is 39.8. The van der Waals surface area contributed by atoms with E-state index in [9.17, 15) is 19.0 Å². The second kappa shape index (κ2) is 76.5. The van der Waals surface area contributed by atoms with Gasteiger partial charge >= 0.3 is 11.9 Å². The van der Waals surface area contributed by atoms with Crippen molar-refractivity contribution in [1.29, 1.82) is 0 Å². The van der Waals surface area contributed by atoms with Crippen molar-refractivity contribution in [3.05, 3.63) is 170 Å². The predicted octanol–water partition coefficient (Wildman–Crippen LogP) is 26.2. The number of unbranched alkanes of at least 4 members (excludes halogenated alkanes) is 30. The smallest absolute Gasteiger partial charge is 0.306 e. The third-order valence-corrected chi connectivity index (χ3v) is 17.7. The van der Waals surface area contributed by atoms with Crippen LogP contribution in [-0.4, -0.2) is 70.0 Å². The average Bonchev–Trinajstić information content (AvgIpc) is 1.08. The van der Waals surface area contributed by atoms with Crippen LogP contribution in [0.1, 0.15) is 322 Å². The van der Waals surface area contributed by atoms with Crippen LogP contribution in [0.25, 0.3) is 0 Å². The van der Waals surface area contributed by atoms with Crippen molar-refractivity contribution in [3.63, 3.8) is 0 Å². The molecule has 9 nitrogen and oxygen atoms in total. The number of quaternary nitrogens is 1. The molecular weight excluding hydrogens is 1230 g/mol. The number of phosphoric ester groups is 1. The fourth-order valence-electron chi connectivity index (χ4n) is 10.7. The molecule has 0 saturated carbocycles. The van der Waals surface area contributed by atoms with Gasteiger partial charge in [0, 0.05) is 12.8 Å². The van der Waals surface area contributed by atoms with E-state index in [0.717, 1.165) is 135 Å². The summed E-state index contributed by atoms with van der Waals surface area (Å²) in [5.74, 6) is -0.862. The summed E-state index contributed by atoms with van der Waals surface area (Å²) < 4.78 is 34.4. The molecule has 0 spiro atoms. The molecule has 0 radical (unpaired) electrons. The molecule has 558 valence electrons. The van der Waals surface area contributed by atoms with Gasteiger partial charge in [-0.1, -0.05) is 351 Å². The molecule has 0 aromatic carbocycles. The van der Waals surface area contributed by atoms with E-state index < -0.39 is 32.5 Å². The molecule has 0 rings (SSSR count). The van der Waals surface area contributed by atoms with Crippen LogP contribution in [0, 0.1) is 0 Å². The Hall–Kier alpha value is -4.63. The summed E-state index contributed by atoms with van der Waals surface area (Å²) >= 11 is 0. The third-order valence-electron chi connectivity index (χ3n) is 16.7. The molecule has 2 atom stereocenters. The summed E-state index contributed by atoms with van der Waals surface area (Å²) in [6, 6.07) is 0. The molecule has 0 amide bonds. The van der Waals surface area contributed by atoms with Crippen LogP contribution in [0.15, 0.2) is 170 Å². The Balaban J connectivity index is 4.04. The molecule has 0 aliphatic rings. The Labute approximate surface area is 604 Å². The lowest BCUT2D eigenvalue weighted by molar-refractivity contribution is -0.870. The summed E-state index contributed by atoms with van der Waals surface area (Å²) in [6.45, 7) is 4.00. The lowest BCUT2D eigenvalue weighted by atomic mass is 10.0. The summed E-state index contributed by atoms with van der Waals surface area (Å²) in [5, 5.41) is 0. The van der Waals surface area contributed by atoms with Gasteiger partial charge in [0.15, 0.2) is 6.10 Å². The van der Waals surface area contributed by atoms with Gasteiger partial charge in [0.05, 0.1) is 27.7 Å². The standard InChI is InChI=1S/C88H148NO8P/c1-6-8-10-12-14-16-18-20-22-24-26-28-30-32-34-36-38-40-42-43-44-45-47-48-50-52-54-56-58-60-62-64-66-68-70-72-74-76-78-80-87(90)94-84-86(85-96-98(92,93)95-83-82-89(3,4)5)97-88(91)81-79-77-75-73-71-69-67-65-63-61-59-57-55-53-51-49-46-41-39-37-35-33-31-29-27-25-23-21-19-17-15-13-11-9-7-2/h8-11,14-17,20-23,26-29,33,35,39,41,49,51,55,57,61,63,67,69,86H,6-7,12-13,18-19,24-25,30-32,34,36-38,40,42-48,50,52-54,56,58-60,62,64-66,68,70-85H2,1-5H3/b10-8-,11-9-,16-14-,17-15-,22-20-,23-21-,28-26-,29-27-,35-33-,41-39-,51-49-,57-55-,63-61-,69-67-. The number of allylic oxidation sites excluding steroid dienone is 28. The molecular formula is C88H148NO8P. The molecule has 0 aliphatic heterocycles. The van der Waals surface area contributed by atoms with Gasteiger partial charge in [-0.25, -0.2) is 0 Å². The quantitative estimate of drug-likeness (QED) is 0.0195. The number of esters is 2. The maximum Gasteiger partial charge on any atom is 0.306 e. The molecule has 10 heteroatoms. The molecule has 0 saturated heterocycles. The zero-order chi connectivity index (χ0) is 71.1. The van der Waals surface area contributed by atoms with Gasteiger partial charge in [0.25, 0.3) is 7.82 Å². The van der Waals surface area contributed by atoms with E-state index in [0.29, 0.717) is 17.4 Å². The highest BCUT2D eigenvalue weighted by molar-refractivity contribution is 7.45. The zero-order valence-electron chi connectivity index (χ0n) is 63.7. The Morgan fingerprint density at radius 2 is 0.551 bits per heavy atom. The van der Waals surface area contributed by atoms with E-state index in [1.165, 1.54) is 154 Å². The van der Waals surface area contributed by atoms with Crippen LogP contribution in [0.4, 0.5) is 0 Å². The predicted molar refractivity (Wildman–Crippen MR) is 424 cm³/mol. The summed E-state index contributed by atoms with van der Waals surface area (Å²) in [7, 11) is 1.14. The van der Waals surface area contributed by atoms with Gasteiger partial charge in [0.1, 0.15) is 19.8 Å². The molecule has 98 heavy (non-hydrogen) atoms. The topological polar surface area (TPSA) is 111 Å². The fraction of sp³-hybridized carbons (Fsp3) is 0.659. The molecule has 2 unspecified atom stereocenters. The van der Waals surface area contributed by atoms with Crippen molar-refractivity contribution in [2.45, 2.75) is 328 Å². The van der Waals surface area contributed by atoms with E-state index >= 15 is 0 Å². The second-order valence-corrected chi connectivity index (χ2v) is 28.7. The van der Waals surface area contributed by atoms with Crippen molar-refractivity contribution in [3.8, 4) is 0 Å². The van der Waals surface area contributed by atoms with Gasteiger partial charge in [-0.3, -0.25) is 14.2 Å². The number of rotatable bonds is 72. The van der Waals surface area contributed by atoms with E-state index in [1.54, 1.807) is 0 Å². The van der Waals surface area contributed by atoms with Gasteiger partial charge in [-0.15, -0.1) is 0 Å². The SMILES string of the molecule is CC/C=C\C/C=C\C/C=C\C/C=C\C/C=C\C/C=C\C/C=C\C/C=C\C/C=C\C/C=C\CCCCCCC(=O)OC(COC(=O)CCCCCCCCCCCCCCCCCCCCCCCCCCCC/C=C\C/C=C\C/C=C\C/C=C\CC)COP(=O)([O-])OCC[N+](C)(C)C. The summed E-state index contributed by atoms with van der Waals surface area (Å²) in [6.07, 6.45) is 116. The highest BCUT2D eigenvalue weighted by Gasteiger charge is 2.22. The number of carbonyl (C=O) groups is 2. The first-order chi connectivity index (χ1) is 48.0. The van der Waals surface area contributed by atoms with E-state index in [4.69, 9.17) is 18.5 Å². The monoisotopic (exact) mass is 1380 g/mol. The van der Waals surface area contributed by atoms with Gasteiger partial charge < -0.3 is 27.9 Å². The van der Waals surface area contributed by atoms with E-state index in [1.807, 2.05) is 21.1 Å². The van der Waals surface area contributed by atoms with Gasteiger partial charge in [-0.2, -0.15) is 0 Å². The largest absolute Gasteiger partial charge is 0.756 e. The van der Waals surface area contributed by atoms with Crippen LogP contribution in [0.3, 0.4) is 0 Å². The normalized spacial score (nSPS) is 14.0. The first kappa shape index (κ1) is 93.4. The Morgan fingerprint density at radius 1 is 0.316 bits per heavy atom. The molecule has 0 N–H and O–H groups in total. The average molecular weight is 1380 g/mol. The highest BCUT2D eigenvalue weighted by Crippen LogP contribution is 2.38. The third kappa shape index (κ3) is 80.3. The number of carbonyl (C=O) groups excluding carboxylic acids is 2. The minimum atomic E-state index is -4.66. The second-order valence-electron chi connectivity index (χ2n) is 27.3. The van der Waals surface area contributed by atoms with E-state index in [2.05, 4.69) is 184 Å². The lowest BCUT2D eigenvalue weighted by Gasteiger charge is -2.28. The Bertz CT molecular complexity index is 2270. The van der Waals surface area contributed by atoms with Crippen LogP contribution in [0.5, 0.6) is 0 Å². The number of likely N-dealkylation sites (N-methyl/N-ethyl adjacent to an activating group) is 1. The molecule has 0 aromatic rings. The zero-order valence-corrected chi connectivity index (χ0v) is 64.6. The molecule has 0 heterocycles. The minimum absolute atomic E-state index is 0.0429. The number of phosphoric acid groups is 1. The number of hydrogen-bond acceptors (Lipinski definition) is 8. The van der Waals surface area contributed by atoms with Crippen LogP contribution < -0.4 is 4.89 Å². The van der Waals surface area contributed by atoms with Crippen molar-refractivity contribution in [2.75, 3.05) is 47.5 Å². The maximum atomic E-state index is 12.9. The van der Waals surface area contributed by atoms with Crippen LogP contribution >= 0.6 is 7.82 Å². The lowest BCUT2D eigenvalue weighted by Crippen LogP contribution is -2.37. The summed E-state index contributed by atoms with van der Waals surface area (Å²) in [4.78, 5) is 38.2. The molecule has 0 bridgehead atoms. The highest BCUT2D eigenvalue weighted by atomic mass is 31.2. The number of ether oxygens (including phenoxy) is 2. The van der Waals surface area contributed by atoms with Crippen molar-refractivity contribution < 1.29 is 42.1 Å². The first-order valence-corrected chi connectivity index (χ1v) is 41.3. The Kier molecular flexibility index (Phi) is 72.9. The van der Waals surface area contributed by atoms with Crippen molar-refractivity contribution in [1.82, 2.24) is 0 Å². The molecule has 0 fully saturated rings. The summed E-state index contributed by atoms with van der Waals surface area (Å²) in [5.41, 5.74) is 0. The van der Waals surface area contributed by atoms with Crippen molar-refractivity contribution in [2.24, 2.45) is 0 Å². The fourth-order valence-corrected chi connectivity index (χ4v) is 11.5.